The molecule has 1 aromatic carbocycles. The second-order valence-corrected chi connectivity index (χ2v) is 4.19. The Morgan fingerprint density at radius 3 is 1.93 bits per heavy atom. The summed E-state index contributed by atoms with van der Waals surface area (Å²) in [6, 6.07) is 8.70. The van der Waals surface area contributed by atoms with Crippen molar-refractivity contribution in [2.24, 2.45) is 0 Å². The summed E-state index contributed by atoms with van der Waals surface area (Å²) in [5.74, 6) is 0. The van der Waals surface area contributed by atoms with Crippen LogP contribution in [0, 0.1) is 0 Å². The lowest BCUT2D eigenvalue weighted by Crippen LogP contribution is -2.18. The minimum Gasteiger partial charge on any atom is -0.378 e. The molecule has 1 rings (SSSR count). The lowest BCUT2D eigenvalue weighted by atomic mass is 10.2. The molecule has 0 radical (unpaired) electrons. The molecule has 0 bridgehead atoms. The maximum atomic E-state index is 2.31. The Labute approximate surface area is 93.5 Å². The third-order valence-corrected chi connectivity index (χ3v) is 2.65. The van der Waals surface area contributed by atoms with Gasteiger partial charge in [0.15, 0.2) is 0 Å². The van der Waals surface area contributed by atoms with E-state index in [1.54, 1.807) is 0 Å². The van der Waals surface area contributed by atoms with Crippen molar-refractivity contribution in [3.63, 3.8) is 0 Å². The quantitative estimate of drug-likeness (QED) is 0.730. The summed E-state index contributed by atoms with van der Waals surface area (Å²) in [5, 5.41) is 0. The molecule has 2 heteroatoms. The first kappa shape index (κ1) is 11.9. The van der Waals surface area contributed by atoms with Gasteiger partial charge < -0.3 is 9.80 Å². The van der Waals surface area contributed by atoms with Gasteiger partial charge in [-0.05, 0) is 30.7 Å². The van der Waals surface area contributed by atoms with Gasteiger partial charge in [-0.2, -0.15) is 0 Å². The first-order valence-corrected chi connectivity index (χ1v) is 5.63. The van der Waals surface area contributed by atoms with Gasteiger partial charge in [-0.3, -0.25) is 0 Å². The molecule has 0 fully saturated rings. The Bertz CT molecular complexity index is 277. The SMILES string of the molecule is CCCCN(C)c1ccc(N(C)C)cc1. The molecule has 0 aliphatic carbocycles. The lowest BCUT2D eigenvalue weighted by molar-refractivity contribution is 0.767. The van der Waals surface area contributed by atoms with Crippen LogP contribution in [0.3, 0.4) is 0 Å². The van der Waals surface area contributed by atoms with E-state index in [1.807, 2.05) is 0 Å². The number of nitrogens with zero attached hydrogens (tertiary/aromatic N) is 2. The van der Waals surface area contributed by atoms with Crippen LogP contribution in [0.5, 0.6) is 0 Å². The number of hydrogen-bond acceptors (Lipinski definition) is 2. The van der Waals surface area contributed by atoms with Gasteiger partial charge in [0.05, 0.1) is 0 Å². The third kappa shape index (κ3) is 3.46. The molecule has 0 spiro atoms. The topological polar surface area (TPSA) is 6.48 Å². The molecule has 0 heterocycles. The molecule has 2 nitrogen and oxygen atoms in total. The van der Waals surface area contributed by atoms with E-state index in [-0.39, 0.29) is 0 Å². The zero-order chi connectivity index (χ0) is 11.3. The molecule has 84 valence electrons. The summed E-state index contributed by atoms with van der Waals surface area (Å²) < 4.78 is 0. The van der Waals surface area contributed by atoms with Gasteiger partial charge in [0.1, 0.15) is 0 Å². The number of rotatable bonds is 5. The van der Waals surface area contributed by atoms with Crippen molar-refractivity contribution in [1.29, 1.82) is 0 Å². The van der Waals surface area contributed by atoms with Crippen molar-refractivity contribution < 1.29 is 0 Å². The molecule has 15 heavy (non-hydrogen) atoms. The maximum Gasteiger partial charge on any atom is 0.0365 e. The van der Waals surface area contributed by atoms with Crippen LogP contribution in [-0.4, -0.2) is 27.7 Å². The molecule has 0 saturated heterocycles. The van der Waals surface area contributed by atoms with Crippen LogP contribution < -0.4 is 9.80 Å². The summed E-state index contributed by atoms with van der Waals surface area (Å²) in [6.45, 7) is 3.36. The average Bonchev–Trinajstić information content (AvgIpc) is 2.26. The standard InChI is InChI=1S/C13H22N2/c1-5-6-11-15(4)13-9-7-12(8-10-13)14(2)3/h7-10H,5-6,11H2,1-4H3. The van der Waals surface area contributed by atoms with Gasteiger partial charge in [0.25, 0.3) is 0 Å². The maximum absolute atomic E-state index is 2.31. The van der Waals surface area contributed by atoms with Crippen LogP contribution in [0.4, 0.5) is 11.4 Å². The first-order valence-electron chi connectivity index (χ1n) is 5.63. The predicted octanol–water partition coefficient (Wildman–Crippen LogP) is 2.99. The molecule has 0 aliphatic heterocycles. The lowest BCUT2D eigenvalue weighted by Gasteiger charge is -2.20. The van der Waals surface area contributed by atoms with Crippen LogP contribution in [0.15, 0.2) is 24.3 Å². The van der Waals surface area contributed by atoms with E-state index in [9.17, 15) is 0 Å². The predicted molar refractivity (Wildman–Crippen MR) is 68.9 cm³/mol. The van der Waals surface area contributed by atoms with Gasteiger partial charge in [0.2, 0.25) is 0 Å². The molecule has 0 amide bonds. The van der Waals surface area contributed by atoms with Crippen molar-refractivity contribution in [3.05, 3.63) is 24.3 Å². The zero-order valence-corrected chi connectivity index (χ0v) is 10.3. The fourth-order valence-corrected chi connectivity index (χ4v) is 1.53. The van der Waals surface area contributed by atoms with Crippen molar-refractivity contribution in [2.75, 3.05) is 37.5 Å². The minimum atomic E-state index is 1.14. The van der Waals surface area contributed by atoms with Crippen LogP contribution in [0.2, 0.25) is 0 Å². The largest absolute Gasteiger partial charge is 0.378 e. The summed E-state index contributed by atoms with van der Waals surface area (Å²) >= 11 is 0. The van der Waals surface area contributed by atoms with Crippen LogP contribution in [0.25, 0.3) is 0 Å². The van der Waals surface area contributed by atoms with Gasteiger partial charge in [-0.1, -0.05) is 13.3 Å². The molecular formula is C13H22N2. The number of unbranched alkanes of at least 4 members (excludes halogenated alkanes) is 1. The Hall–Kier alpha value is -1.18. The van der Waals surface area contributed by atoms with E-state index in [4.69, 9.17) is 0 Å². The monoisotopic (exact) mass is 206 g/mol. The Kier molecular flexibility index (Phi) is 4.47. The van der Waals surface area contributed by atoms with E-state index in [1.165, 1.54) is 24.2 Å². The average molecular weight is 206 g/mol. The highest BCUT2D eigenvalue weighted by Crippen LogP contribution is 2.18. The fraction of sp³-hybridized carbons (Fsp3) is 0.538. The first-order chi connectivity index (χ1) is 7.15. The second kappa shape index (κ2) is 5.64. The fourth-order valence-electron chi connectivity index (χ4n) is 1.53. The van der Waals surface area contributed by atoms with Gasteiger partial charge in [-0.25, -0.2) is 0 Å². The molecular weight excluding hydrogens is 184 g/mol. The molecule has 0 aliphatic rings. The van der Waals surface area contributed by atoms with Crippen LogP contribution >= 0.6 is 0 Å². The normalized spacial score (nSPS) is 10.1. The minimum absolute atomic E-state index is 1.14. The highest BCUT2D eigenvalue weighted by Gasteiger charge is 2.00. The van der Waals surface area contributed by atoms with Crippen molar-refractivity contribution >= 4 is 11.4 Å². The Morgan fingerprint density at radius 1 is 0.933 bits per heavy atom. The van der Waals surface area contributed by atoms with Crippen LogP contribution in [0.1, 0.15) is 19.8 Å². The molecule has 0 aromatic heterocycles. The van der Waals surface area contributed by atoms with Gasteiger partial charge >= 0.3 is 0 Å². The molecule has 0 unspecified atom stereocenters. The van der Waals surface area contributed by atoms with Gasteiger partial charge in [0, 0.05) is 39.1 Å². The van der Waals surface area contributed by atoms with E-state index in [2.05, 4.69) is 62.1 Å². The smallest absolute Gasteiger partial charge is 0.0365 e. The van der Waals surface area contributed by atoms with E-state index < -0.39 is 0 Å². The van der Waals surface area contributed by atoms with Crippen LogP contribution in [-0.2, 0) is 0 Å². The van der Waals surface area contributed by atoms with E-state index in [0.29, 0.717) is 0 Å². The van der Waals surface area contributed by atoms with E-state index >= 15 is 0 Å². The Balaban J connectivity index is 2.62. The molecule has 0 N–H and O–H groups in total. The molecule has 1 aromatic rings. The highest BCUT2D eigenvalue weighted by atomic mass is 15.1. The Morgan fingerprint density at radius 2 is 1.47 bits per heavy atom. The second-order valence-electron chi connectivity index (χ2n) is 4.19. The van der Waals surface area contributed by atoms with Crippen molar-refractivity contribution in [2.45, 2.75) is 19.8 Å². The van der Waals surface area contributed by atoms with Gasteiger partial charge in [-0.15, -0.1) is 0 Å². The zero-order valence-electron chi connectivity index (χ0n) is 10.3. The number of anilines is 2. The highest BCUT2D eigenvalue weighted by molar-refractivity contribution is 5.55. The summed E-state index contributed by atoms with van der Waals surface area (Å²) in [7, 11) is 6.28. The summed E-state index contributed by atoms with van der Waals surface area (Å²) in [4.78, 5) is 4.43. The van der Waals surface area contributed by atoms with Crippen molar-refractivity contribution in [1.82, 2.24) is 0 Å². The number of hydrogen-bond donors (Lipinski definition) is 0. The summed E-state index contributed by atoms with van der Waals surface area (Å²) in [6.07, 6.45) is 2.51. The molecule has 0 atom stereocenters. The molecule has 0 saturated carbocycles. The summed E-state index contributed by atoms with van der Waals surface area (Å²) in [5.41, 5.74) is 2.55. The number of benzene rings is 1. The van der Waals surface area contributed by atoms with E-state index in [0.717, 1.165) is 6.54 Å². The third-order valence-electron chi connectivity index (χ3n) is 2.65. The van der Waals surface area contributed by atoms with Crippen molar-refractivity contribution in [3.8, 4) is 0 Å².